The molecule has 0 aromatic heterocycles. The number of rotatable bonds is 5. The molecule has 1 amide bonds. The first-order chi connectivity index (χ1) is 12.2. The van der Waals surface area contributed by atoms with Crippen LogP contribution < -0.4 is 9.62 Å². The van der Waals surface area contributed by atoms with E-state index in [1.54, 1.807) is 12.1 Å². The second-order valence-corrected chi connectivity index (χ2v) is 10.8. The van der Waals surface area contributed by atoms with Gasteiger partial charge in [-0.1, -0.05) is 17.7 Å². The topological polar surface area (TPSA) is 66.5 Å². The maximum Gasteiger partial charge on any atom is 0.241 e. The van der Waals surface area contributed by atoms with Crippen molar-refractivity contribution in [3.63, 3.8) is 0 Å². The lowest BCUT2D eigenvalue weighted by atomic mass is 9.53. The summed E-state index contributed by atoms with van der Waals surface area (Å²) in [5.41, 5.74) is 1.50. The molecule has 0 saturated heterocycles. The molecule has 1 aromatic carbocycles. The molecular formula is C20H28N2O3S. The van der Waals surface area contributed by atoms with Crippen molar-refractivity contribution in [2.75, 3.05) is 17.1 Å². The lowest BCUT2D eigenvalue weighted by Gasteiger charge is -2.57. The minimum Gasteiger partial charge on any atom is -0.349 e. The van der Waals surface area contributed by atoms with E-state index in [2.05, 4.69) is 5.32 Å². The van der Waals surface area contributed by atoms with Gasteiger partial charge in [-0.2, -0.15) is 0 Å². The Labute approximate surface area is 156 Å². The Hall–Kier alpha value is -1.56. The molecule has 1 N–H and O–H groups in total. The fraction of sp³-hybridized carbons (Fsp3) is 0.650. The van der Waals surface area contributed by atoms with E-state index in [1.807, 2.05) is 19.1 Å². The number of anilines is 1. The minimum atomic E-state index is -3.52. The predicted octanol–water partition coefficient (Wildman–Crippen LogP) is 2.85. The molecule has 4 saturated carbocycles. The maximum absolute atomic E-state index is 12.8. The maximum atomic E-state index is 12.8. The first-order valence-electron chi connectivity index (χ1n) is 9.58. The van der Waals surface area contributed by atoms with Crippen LogP contribution >= 0.6 is 0 Å². The van der Waals surface area contributed by atoms with Crippen LogP contribution in [0.4, 0.5) is 5.69 Å². The normalized spacial score (nSPS) is 32.5. The third kappa shape index (κ3) is 3.48. The molecule has 5 rings (SSSR count). The summed E-state index contributed by atoms with van der Waals surface area (Å²) < 4.78 is 25.7. The van der Waals surface area contributed by atoms with Crippen molar-refractivity contribution in [3.05, 3.63) is 29.8 Å². The summed E-state index contributed by atoms with van der Waals surface area (Å²) in [6.07, 6.45) is 8.29. The quantitative estimate of drug-likeness (QED) is 0.859. The molecule has 4 aliphatic rings. The fourth-order valence-corrected chi connectivity index (χ4v) is 6.70. The highest BCUT2D eigenvalue weighted by Crippen LogP contribution is 2.55. The van der Waals surface area contributed by atoms with Crippen LogP contribution in [0.15, 0.2) is 24.3 Å². The Morgan fingerprint density at radius 3 is 2.04 bits per heavy atom. The third-order valence-corrected chi connectivity index (χ3v) is 7.59. The Balaban J connectivity index is 1.50. The van der Waals surface area contributed by atoms with Crippen molar-refractivity contribution in [2.45, 2.75) is 51.0 Å². The summed E-state index contributed by atoms with van der Waals surface area (Å²) >= 11 is 0. The molecule has 1 aromatic rings. The number of nitrogens with one attached hydrogen (secondary N) is 1. The summed E-state index contributed by atoms with van der Waals surface area (Å²) in [6.45, 7) is 1.80. The van der Waals surface area contributed by atoms with E-state index in [0.717, 1.165) is 48.8 Å². The van der Waals surface area contributed by atoms with Gasteiger partial charge in [0.1, 0.15) is 6.54 Å². The lowest BCUT2D eigenvalue weighted by molar-refractivity contribution is -0.125. The van der Waals surface area contributed by atoms with Crippen LogP contribution in [0.2, 0.25) is 0 Å². The lowest BCUT2D eigenvalue weighted by Crippen LogP contribution is -2.61. The molecule has 0 heterocycles. The molecule has 6 heteroatoms. The van der Waals surface area contributed by atoms with Gasteiger partial charge in [-0.3, -0.25) is 9.10 Å². The fourth-order valence-electron chi connectivity index (χ4n) is 5.84. The highest BCUT2D eigenvalue weighted by Gasteiger charge is 2.51. The summed E-state index contributed by atoms with van der Waals surface area (Å²) in [4.78, 5) is 12.8. The van der Waals surface area contributed by atoms with E-state index in [4.69, 9.17) is 0 Å². The van der Waals surface area contributed by atoms with Crippen LogP contribution in [-0.2, 0) is 14.8 Å². The van der Waals surface area contributed by atoms with Crippen LogP contribution in [0.3, 0.4) is 0 Å². The molecule has 142 valence electrons. The van der Waals surface area contributed by atoms with Gasteiger partial charge in [0.2, 0.25) is 15.9 Å². The molecule has 0 aliphatic heterocycles. The van der Waals surface area contributed by atoms with Crippen molar-refractivity contribution in [1.29, 1.82) is 0 Å². The zero-order valence-electron chi connectivity index (χ0n) is 15.6. The molecule has 0 radical (unpaired) electrons. The van der Waals surface area contributed by atoms with Gasteiger partial charge in [-0.05, 0) is 75.3 Å². The molecule has 0 unspecified atom stereocenters. The number of sulfonamides is 1. The SMILES string of the molecule is Cc1ccc(N(CC(=O)NC23CC4CC(CC(C4)C2)C3)S(C)(=O)=O)cc1. The zero-order chi connectivity index (χ0) is 18.5. The molecule has 4 aliphatic carbocycles. The van der Waals surface area contributed by atoms with Crippen molar-refractivity contribution >= 4 is 21.6 Å². The average molecular weight is 377 g/mol. The van der Waals surface area contributed by atoms with Crippen molar-refractivity contribution < 1.29 is 13.2 Å². The van der Waals surface area contributed by atoms with Gasteiger partial charge in [0.05, 0.1) is 11.9 Å². The first-order valence-corrected chi connectivity index (χ1v) is 11.4. The second-order valence-electron chi connectivity index (χ2n) is 8.85. The predicted molar refractivity (Wildman–Crippen MR) is 102 cm³/mol. The molecular weight excluding hydrogens is 348 g/mol. The first kappa shape index (κ1) is 17.8. The largest absolute Gasteiger partial charge is 0.349 e. The molecule has 5 nitrogen and oxygen atoms in total. The highest BCUT2D eigenvalue weighted by molar-refractivity contribution is 7.92. The Kier molecular flexibility index (Phi) is 4.29. The molecule has 26 heavy (non-hydrogen) atoms. The van der Waals surface area contributed by atoms with Crippen LogP contribution in [0, 0.1) is 24.7 Å². The smallest absolute Gasteiger partial charge is 0.241 e. The number of nitrogens with zero attached hydrogens (tertiary/aromatic N) is 1. The zero-order valence-corrected chi connectivity index (χ0v) is 16.4. The number of aryl methyl sites for hydroxylation is 1. The van der Waals surface area contributed by atoms with E-state index >= 15 is 0 Å². The van der Waals surface area contributed by atoms with Crippen LogP contribution in [-0.4, -0.2) is 32.7 Å². The van der Waals surface area contributed by atoms with E-state index in [0.29, 0.717) is 5.69 Å². The van der Waals surface area contributed by atoms with Gasteiger partial charge in [0.25, 0.3) is 0 Å². The molecule has 4 fully saturated rings. The van der Waals surface area contributed by atoms with Gasteiger partial charge >= 0.3 is 0 Å². The summed E-state index contributed by atoms with van der Waals surface area (Å²) in [6, 6.07) is 7.25. The number of hydrogen-bond acceptors (Lipinski definition) is 3. The summed E-state index contributed by atoms with van der Waals surface area (Å²) in [5, 5.41) is 3.26. The average Bonchev–Trinajstić information content (AvgIpc) is 2.51. The van der Waals surface area contributed by atoms with Gasteiger partial charge in [0, 0.05) is 5.54 Å². The van der Waals surface area contributed by atoms with E-state index in [1.165, 1.54) is 23.6 Å². The number of hydrogen-bond donors (Lipinski definition) is 1. The van der Waals surface area contributed by atoms with Gasteiger partial charge in [0.15, 0.2) is 0 Å². The minimum absolute atomic E-state index is 0.0950. The molecule has 0 spiro atoms. The van der Waals surface area contributed by atoms with Crippen molar-refractivity contribution in [3.8, 4) is 0 Å². The van der Waals surface area contributed by atoms with Crippen LogP contribution in [0.25, 0.3) is 0 Å². The van der Waals surface area contributed by atoms with E-state index in [9.17, 15) is 13.2 Å². The molecule has 4 bridgehead atoms. The van der Waals surface area contributed by atoms with Crippen LogP contribution in [0.5, 0.6) is 0 Å². The van der Waals surface area contributed by atoms with Gasteiger partial charge in [-0.15, -0.1) is 0 Å². The number of amides is 1. The second kappa shape index (κ2) is 6.25. The Morgan fingerprint density at radius 1 is 1.08 bits per heavy atom. The number of benzene rings is 1. The van der Waals surface area contributed by atoms with E-state index in [-0.39, 0.29) is 18.0 Å². The number of carbonyl (C=O) groups excluding carboxylic acids is 1. The number of carbonyl (C=O) groups is 1. The van der Waals surface area contributed by atoms with Crippen molar-refractivity contribution in [1.82, 2.24) is 5.32 Å². The van der Waals surface area contributed by atoms with Crippen LogP contribution in [0.1, 0.15) is 44.1 Å². The van der Waals surface area contributed by atoms with Crippen molar-refractivity contribution in [2.24, 2.45) is 17.8 Å². The van der Waals surface area contributed by atoms with Gasteiger partial charge < -0.3 is 5.32 Å². The summed E-state index contributed by atoms with van der Waals surface area (Å²) in [7, 11) is -3.52. The monoisotopic (exact) mass is 376 g/mol. The summed E-state index contributed by atoms with van der Waals surface area (Å²) in [5.74, 6) is 2.04. The molecule has 0 atom stereocenters. The van der Waals surface area contributed by atoms with Gasteiger partial charge in [-0.25, -0.2) is 8.42 Å². The highest BCUT2D eigenvalue weighted by atomic mass is 32.2. The Morgan fingerprint density at radius 2 is 1.58 bits per heavy atom. The van der Waals surface area contributed by atoms with E-state index < -0.39 is 10.0 Å². The third-order valence-electron chi connectivity index (χ3n) is 6.45. The standard InChI is InChI=1S/C20H28N2O3S/c1-14-3-5-18(6-4-14)22(26(2,24)25)13-19(23)21-20-10-15-7-16(11-20)9-17(8-15)12-20/h3-6,15-17H,7-13H2,1-2H3,(H,21,23). The Bertz CT molecular complexity index is 766.